The van der Waals surface area contributed by atoms with Crippen LogP contribution in [-0.4, -0.2) is 22.6 Å². The molecule has 2 aromatic heterocycles. The van der Waals surface area contributed by atoms with Gasteiger partial charge >= 0.3 is 5.97 Å². The molecule has 28 heavy (non-hydrogen) atoms. The molecule has 0 saturated carbocycles. The Kier molecular flexibility index (Phi) is 6.19. The van der Waals surface area contributed by atoms with Gasteiger partial charge in [0.15, 0.2) is 5.76 Å². The summed E-state index contributed by atoms with van der Waals surface area (Å²) in [5.74, 6) is 0.838. The van der Waals surface area contributed by atoms with Crippen molar-refractivity contribution in [1.29, 1.82) is 5.26 Å². The molecule has 0 saturated heterocycles. The average Bonchev–Trinajstić information content (AvgIpc) is 3.31. The summed E-state index contributed by atoms with van der Waals surface area (Å²) in [7, 11) is 0. The fourth-order valence-corrected chi connectivity index (χ4v) is 2.53. The lowest BCUT2D eigenvalue weighted by atomic mass is 10.3. The zero-order valence-corrected chi connectivity index (χ0v) is 15.4. The number of nitrogens with zero attached hydrogens (tertiary/aromatic N) is 2. The first-order valence-electron chi connectivity index (χ1n) is 8.40. The molecule has 2 heterocycles. The number of rotatable bonds is 9. The van der Waals surface area contributed by atoms with Crippen LogP contribution in [0.4, 0.5) is 5.88 Å². The van der Waals surface area contributed by atoms with Gasteiger partial charge in [0.2, 0.25) is 11.6 Å². The third-order valence-electron chi connectivity index (χ3n) is 3.67. The molecule has 9 heteroatoms. The number of ether oxygens (including phenoxy) is 1. The van der Waals surface area contributed by atoms with Crippen molar-refractivity contribution in [3.8, 4) is 23.5 Å². The molecule has 0 spiro atoms. The number of carboxylic acid groups (broad SMARTS) is 1. The first-order chi connectivity index (χ1) is 13.6. The predicted molar refractivity (Wildman–Crippen MR) is 100 cm³/mol. The Balaban J connectivity index is 1.65. The molecule has 0 aliphatic heterocycles. The number of carbonyl (C=O) groups is 1. The molecule has 0 atom stereocenters. The quantitative estimate of drug-likeness (QED) is 0.508. The first kappa shape index (κ1) is 19.3. The number of para-hydroxylation sites is 1. The van der Waals surface area contributed by atoms with Gasteiger partial charge in [-0.1, -0.05) is 23.7 Å². The Labute approximate surface area is 165 Å². The van der Waals surface area contributed by atoms with Crippen LogP contribution >= 0.6 is 11.6 Å². The van der Waals surface area contributed by atoms with Crippen LogP contribution in [0.5, 0.6) is 5.75 Å². The van der Waals surface area contributed by atoms with Crippen molar-refractivity contribution in [2.45, 2.75) is 19.4 Å². The van der Waals surface area contributed by atoms with E-state index in [-0.39, 0.29) is 30.5 Å². The van der Waals surface area contributed by atoms with E-state index in [1.54, 1.807) is 24.3 Å². The maximum Gasteiger partial charge on any atom is 0.303 e. The molecule has 0 radical (unpaired) electrons. The van der Waals surface area contributed by atoms with Gasteiger partial charge in [0, 0.05) is 13.0 Å². The van der Waals surface area contributed by atoms with E-state index < -0.39 is 5.97 Å². The van der Waals surface area contributed by atoms with Crippen LogP contribution in [0.15, 0.2) is 45.2 Å². The van der Waals surface area contributed by atoms with Gasteiger partial charge in [-0.05, 0) is 30.7 Å². The van der Waals surface area contributed by atoms with E-state index in [0.29, 0.717) is 35.3 Å². The highest BCUT2D eigenvalue weighted by molar-refractivity contribution is 6.32. The van der Waals surface area contributed by atoms with Gasteiger partial charge in [-0.2, -0.15) is 10.2 Å². The maximum atomic E-state index is 10.5. The molecule has 144 valence electrons. The number of hydrogen-bond acceptors (Lipinski definition) is 7. The summed E-state index contributed by atoms with van der Waals surface area (Å²) in [6, 6.07) is 12.4. The highest BCUT2D eigenvalue weighted by atomic mass is 35.5. The van der Waals surface area contributed by atoms with Crippen LogP contribution in [0.3, 0.4) is 0 Å². The van der Waals surface area contributed by atoms with Gasteiger partial charge in [-0.25, -0.2) is 0 Å². The standard InChI is InChI=1S/C19H16ClN3O5/c20-13-4-1-2-5-15(13)26-11-12-7-8-16(27-12)19-23-14(10-21)18(28-19)22-9-3-6-17(24)25/h1-2,4-5,7-8,22H,3,6,9,11H2,(H,24,25). The smallest absolute Gasteiger partial charge is 0.303 e. The van der Waals surface area contributed by atoms with Crippen molar-refractivity contribution in [3.05, 3.63) is 52.9 Å². The normalized spacial score (nSPS) is 10.4. The number of oxazole rings is 1. The predicted octanol–water partition coefficient (Wildman–Crippen LogP) is 4.32. The lowest BCUT2D eigenvalue weighted by molar-refractivity contribution is -0.137. The molecule has 0 aliphatic rings. The number of nitrogens with one attached hydrogen (secondary N) is 1. The number of hydrogen-bond donors (Lipinski definition) is 2. The number of benzene rings is 1. The topological polar surface area (TPSA) is 122 Å². The molecule has 8 nitrogen and oxygen atoms in total. The summed E-state index contributed by atoms with van der Waals surface area (Å²) < 4.78 is 16.8. The summed E-state index contributed by atoms with van der Waals surface area (Å²) in [5, 5.41) is 21.2. The molecule has 3 rings (SSSR count). The maximum absolute atomic E-state index is 10.5. The Morgan fingerprint density at radius 2 is 2.11 bits per heavy atom. The summed E-state index contributed by atoms with van der Waals surface area (Å²) in [5.41, 5.74) is 0.0654. The molecular weight excluding hydrogens is 386 g/mol. The van der Waals surface area contributed by atoms with Crippen molar-refractivity contribution in [2.24, 2.45) is 0 Å². The van der Waals surface area contributed by atoms with Gasteiger partial charge in [0.05, 0.1) is 5.02 Å². The summed E-state index contributed by atoms with van der Waals surface area (Å²) in [6.45, 7) is 0.501. The molecule has 0 unspecified atom stereocenters. The van der Waals surface area contributed by atoms with E-state index >= 15 is 0 Å². The van der Waals surface area contributed by atoms with Crippen LogP contribution in [0, 0.1) is 11.3 Å². The average molecular weight is 402 g/mol. The molecule has 0 aliphatic carbocycles. The van der Waals surface area contributed by atoms with Gasteiger partial charge in [-0.15, -0.1) is 0 Å². The summed E-state index contributed by atoms with van der Waals surface area (Å²) in [4.78, 5) is 14.6. The van der Waals surface area contributed by atoms with E-state index in [1.807, 2.05) is 18.2 Å². The fraction of sp³-hybridized carbons (Fsp3) is 0.211. The zero-order chi connectivity index (χ0) is 19.9. The SMILES string of the molecule is N#Cc1nc(-c2ccc(COc3ccccc3Cl)o2)oc1NCCCC(=O)O. The Morgan fingerprint density at radius 3 is 2.86 bits per heavy atom. The highest BCUT2D eigenvalue weighted by Crippen LogP contribution is 2.28. The largest absolute Gasteiger partial charge is 0.484 e. The van der Waals surface area contributed by atoms with Crippen molar-refractivity contribution in [1.82, 2.24) is 4.98 Å². The zero-order valence-electron chi connectivity index (χ0n) is 14.6. The van der Waals surface area contributed by atoms with Crippen molar-refractivity contribution >= 4 is 23.5 Å². The van der Waals surface area contributed by atoms with E-state index in [4.69, 9.17) is 30.3 Å². The molecule has 3 aromatic rings. The van der Waals surface area contributed by atoms with E-state index in [2.05, 4.69) is 10.3 Å². The second-order valence-electron chi connectivity index (χ2n) is 5.72. The molecule has 0 amide bonds. The summed E-state index contributed by atoms with van der Waals surface area (Å²) >= 11 is 6.05. The van der Waals surface area contributed by atoms with E-state index in [0.717, 1.165) is 0 Å². The first-order valence-corrected chi connectivity index (χ1v) is 8.77. The monoisotopic (exact) mass is 401 g/mol. The van der Waals surface area contributed by atoms with Crippen LogP contribution in [0.2, 0.25) is 5.02 Å². The Hall–Kier alpha value is -3.44. The number of halogens is 1. The number of anilines is 1. The Bertz CT molecular complexity index is 1010. The Morgan fingerprint density at radius 1 is 1.29 bits per heavy atom. The van der Waals surface area contributed by atoms with Crippen molar-refractivity contribution < 1.29 is 23.5 Å². The number of furan rings is 1. The number of carboxylic acids is 1. The molecule has 0 bridgehead atoms. The van der Waals surface area contributed by atoms with Gasteiger partial charge < -0.3 is 24.0 Å². The molecule has 0 fully saturated rings. The second-order valence-corrected chi connectivity index (χ2v) is 6.12. The third-order valence-corrected chi connectivity index (χ3v) is 3.98. The van der Waals surface area contributed by atoms with Crippen LogP contribution in [0.25, 0.3) is 11.7 Å². The minimum atomic E-state index is -0.886. The lowest BCUT2D eigenvalue weighted by Crippen LogP contribution is -2.05. The van der Waals surface area contributed by atoms with E-state index in [1.165, 1.54) is 0 Å². The van der Waals surface area contributed by atoms with Gasteiger partial charge in [-0.3, -0.25) is 4.79 Å². The third kappa shape index (κ3) is 4.84. The summed E-state index contributed by atoms with van der Waals surface area (Å²) in [6.07, 6.45) is 0.406. The second kappa shape index (κ2) is 8.97. The number of aliphatic carboxylic acids is 1. The number of aromatic nitrogens is 1. The van der Waals surface area contributed by atoms with Crippen LogP contribution in [0.1, 0.15) is 24.3 Å². The molecule has 2 N–H and O–H groups in total. The van der Waals surface area contributed by atoms with Gasteiger partial charge in [0.25, 0.3) is 5.89 Å². The molecular formula is C19H16ClN3O5. The molecule has 1 aromatic carbocycles. The minimum Gasteiger partial charge on any atom is -0.484 e. The van der Waals surface area contributed by atoms with E-state index in [9.17, 15) is 10.1 Å². The van der Waals surface area contributed by atoms with Crippen molar-refractivity contribution in [3.63, 3.8) is 0 Å². The highest BCUT2D eigenvalue weighted by Gasteiger charge is 2.17. The fourth-order valence-electron chi connectivity index (χ4n) is 2.34. The minimum absolute atomic E-state index is 0.0167. The number of nitriles is 1. The van der Waals surface area contributed by atoms with Crippen molar-refractivity contribution in [2.75, 3.05) is 11.9 Å². The van der Waals surface area contributed by atoms with Crippen LogP contribution < -0.4 is 10.1 Å². The van der Waals surface area contributed by atoms with Crippen LogP contribution in [-0.2, 0) is 11.4 Å². The lowest BCUT2D eigenvalue weighted by Gasteiger charge is -2.05. The van der Waals surface area contributed by atoms with Gasteiger partial charge in [0.1, 0.15) is 24.2 Å².